The second kappa shape index (κ2) is 3.30. The molecule has 0 aromatic carbocycles. The Labute approximate surface area is 78.0 Å². The van der Waals surface area contributed by atoms with Crippen LogP contribution in [0.3, 0.4) is 0 Å². The van der Waals surface area contributed by atoms with Crippen molar-refractivity contribution in [2.45, 2.75) is 37.8 Å². The van der Waals surface area contributed by atoms with E-state index < -0.39 is 0 Å². The minimum absolute atomic E-state index is 0.0108. The average molecular weight is 182 g/mol. The van der Waals surface area contributed by atoms with E-state index in [1.54, 1.807) is 0 Å². The van der Waals surface area contributed by atoms with E-state index in [4.69, 9.17) is 21.0 Å². The van der Waals surface area contributed by atoms with Gasteiger partial charge in [-0.2, -0.15) is 0 Å². The molecule has 0 aliphatic carbocycles. The van der Waals surface area contributed by atoms with Crippen LogP contribution in [0.1, 0.15) is 13.3 Å². The molecule has 1 N–H and O–H groups in total. The van der Waals surface area contributed by atoms with Gasteiger partial charge in [0.2, 0.25) is 0 Å². The molecule has 5 atom stereocenters. The number of aliphatic hydroxyl groups is 1. The molecule has 2 fully saturated rings. The SMILES string of the molecule is C#CC1OC2CC1OC(CO)C2C. The second-order valence-corrected chi connectivity index (χ2v) is 3.75. The smallest absolute Gasteiger partial charge is 0.144 e. The topological polar surface area (TPSA) is 38.7 Å². The summed E-state index contributed by atoms with van der Waals surface area (Å²) >= 11 is 0. The Hall–Kier alpha value is -0.560. The Morgan fingerprint density at radius 1 is 1.46 bits per heavy atom. The molecule has 13 heavy (non-hydrogen) atoms. The lowest BCUT2D eigenvalue weighted by molar-refractivity contribution is -0.0887. The molecule has 2 heterocycles. The van der Waals surface area contributed by atoms with Crippen molar-refractivity contribution >= 4 is 0 Å². The van der Waals surface area contributed by atoms with Gasteiger partial charge in [-0.05, 0) is 0 Å². The molecule has 2 bridgehead atoms. The van der Waals surface area contributed by atoms with E-state index in [0.29, 0.717) is 0 Å². The lowest BCUT2D eigenvalue weighted by Gasteiger charge is -2.31. The van der Waals surface area contributed by atoms with Crippen LogP contribution >= 0.6 is 0 Å². The van der Waals surface area contributed by atoms with Gasteiger partial charge in [-0.15, -0.1) is 6.42 Å². The standard InChI is InChI=1S/C10H14O3/c1-3-7-9-4-8(12-7)6(2)10(5-11)13-9/h1,6-11H,4-5H2,2H3. The number of ether oxygens (including phenoxy) is 2. The van der Waals surface area contributed by atoms with Gasteiger partial charge >= 0.3 is 0 Å². The van der Waals surface area contributed by atoms with Crippen molar-refractivity contribution in [3.63, 3.8) is 0 Å². The van der Waals surface area contributed by atoms with Gasteiger partial charge in [0.1, 0.15) is 6.10 Å². The number of hydrogen-bond donors (Lipinski definition) is 1. The quantitative estimate of drug-likeness (QED) is 0.588. The molecule has 2 aliphatic heterocycles. The van der Waals surface area contributed by atoms with Crippen LogP contribution < -0.4 is 0 Å². The van der Waals surface area contributed by atoms with Gasteiger partial charge in [0.15, 0.2) is 0 Å². The van der Waals surface area contributed by atoms with Gasteiger partial charge in [0.05, 0.1) is 24.9 Å². The van der Waals surface area contributed by atoms with Crippen molar-refractivity contribution in [2.75, 3.05) is 6.61 Å². The molecule has 0 amide bonds. The van der Waals surface area contributed by atoms with E-state index in [0.717, 1.165) is 6.42 Å². The van der Waals surface area contributed by atoms with Crippen LogP contribution in [-0.4, -0.2) is 36.1 Å². The van der Waals surface area contributed by atoms with Crippen LogP contribution in [0.5, 0.6) is 0 Å². The summed E-state index contributed by atoms with van der Waals surface area (Å²) in [5.41, 5.74) is 0. The fourth-order valence-corrected chi connectivity index (χ4v) is 2.09. The summed E-state index contributed by atoms with van der Waals surface area (Å²) in [7, 11) is 0. The van der Waals surface area contributed by atoms with Crippen LogP contribution in [0.15, 0.2) is 0 Å². The van der Waals surface area contributed by atoms with Gasteiger partial charge in [0, 0.05) is 12.3 Å². The van der Waals surface area contributed by atoms with Crippen LogP contribution in [0.25, 0.3) is 0 Å². The Morgan fingerprint density at radius 3 is 2.85 bits per heavy atom. The van der Waals surface area contributed by atoms with Crippen LogP contribution in [0, 0.1) is 18.3 Å². The molecule has 0 aromatic rings. The summed E-state index contributed by atoms with van der Waals surface area (Å²) in [4.78, 5) is 0. The zero-order valence-electron chi connectivity index (χ0n) is 7.64. The van der Waals surface area contributed by atoms with Gasteiger partial charge in [-0.1, -0.05) is 12.8 Å². The van der Waals surface area contributed by atoms with Crippen molar-refractivity contribution in [2.24, 2.45) is 5.92 Å². The molecule has 2 saturated heterocycles. The molecule has 5 unspecified atom stereocenters. The predicted molar refractivity (Wildman–Crippen MR) is 47.0 cm³/mol. The molecular weight excluding hydrogens is 168 g/mol. The largest absolute Gasteiger partial charge is 0.394 e. The normalized spacial score (nSPS) is 48.8. The molecule has 3 nitrogen and oxygen atoms in total. The number of terminal acetylenes is 1. The maximum absolute atomic E-state index is 9.05. The summed E-state index contributed by atoms with van der Waals surface area (Å²) in [5.74, 6) is 2.81. The average Bonchev–Trinajstić information content (AvgIpc) is 2.50. The molecule has 2 aliphatic rings. The minimum Gasteiger partial charge on any atom is -0.394 e. The first-order valence-electron chi connectivity index (χ1n) is 4.64. The van der Waals surface area contributed by atoms with Crippen molar-refractivity contribution in [3.8, 4) is 12.3 Å². The van der Waals surface area contributed by atoms with Gasteiger partial charge in [0.25, 0.3) is 0 Å². The van der Waals surface area contributed by atoms with E-state index in [9.17, 15) is 0 Å². The Balaban J connectivity index is 2.12. The molecule has 0 radical (unpaired) electrons. The van der Waals surface area contributed by atoms with E-state index in [1.807, 2.05) is 6.92 Å². The zero-order valence-corrected chi connectivity index (χ0v) is 7.64. The van der Waals surface area contributed by atoms with Gasteiger partial charge < -0.3 is 14.6 Å². The maximum atomic E-state index is 9.05. The van der Waals surface area contributed by atoms with E-state index in [-0.39, 0.29) is 36.9 Å². The second-order valence-electron chi connectivity index (χ2n) is 3.75. The maximum Gasteiger partial charge on any atom is 0.144 e. The van der Waals surface area contributed by atoms with Crippen molar-refractivity contribution in [1.82, 2.24) is 0 Å². The predicted octanol–water partition coefficient (Wildman–Crippen LogP) is 0.173. The molecule has 0 aromatic heterocycles. The molecule has 72 valence electrons. The highest BCUT2D eigenvalue weighted by Gasteiger charge is 2.46. The minimum atomic E-state index is -0.219. The third kappa shape index (κ3) is 1.35. The van der Waals surface area contributed by atoms with Gasteiger partial charge in [-0.3, -0.25) is 0 Å². The van der Waals surface area contributed by atoms with Crippen molar-refractivity contribution in [3.05, 3.63) is 0 Å². The first kappa shape index (κ1) is 9.01. The Bertz CT molecular complexity index is 233. The highest BCUT2D eigenvalue weighted by Crippen LogP contribution is 2.36. The summed E-state index contributed by atoms with van der Waals surface area (Å²) in [6.07, 6.45) is 6.00. The lowest BCUT2D eigenvalue weighted by Crippen LogP contribution is -2.40. The Kier molecular flexibility index (Phi) is 2.29. The molecule has 0 saturated carbocycles. The van der Waals surface area contributed by atoms with Crippen LogP contribution in [-0.2, 0) is 9.47 Å². The van der Waals surface area contributed by atoms with Gasteiger partial charge in [-0.25, -0.2) is 0 Å². The third-order valence-electron chi connectivity index (χ3n) is 2.99. The van der Waals surface area contributed by atoms with E-state index in [2.05, 4.69) is 5.92 Å². The lowest BCUT2D eigenvalue weighted by atomic mass is 9.92. The molecule has 0 spiro atoms. The summed E-state index contributed by atoms with van der Waals surface area (Å²) in [6, 6.07) is 0. The highest BCUT2D eigenvalue weighted by molar-refractivity contribution is 5.07. The zero-order chi connectivity index (χ0) is 9.42. The monoisotopic (exact) mass is 182 g/mol. The van der Waals surface area contributed by atoms with Crippen molar-refractivity contribution in [1.29, 1.82) is 0 Å². The number of fused-ring (bicyclic) bond motifs is 2. The fraction of sp³-hybridized carbons (Fsp3) is 0.800. The third-order valence-corrected chi connectivity index (χ3v) is 2.99. The van der Waals surface area contributed by atoms with Crippen LogP contribution in [0.4, 0.5) is 0 Å². The number of rotatable bonds is 1. The summed E-state index contributed by atoms with van der Waals surface area (Å²) < 4.78 is 11.2. The fourth-order valence-electron chi connectivity index (χ4n) is 2.09. The number of aliphatic hydroxyl groups excluding tert-OH is 1. The summed E-state index contributed by atoms with van der Waals surface area (Å²) in [5, 5.41) is 9.05. The molecular formula is C10H14O3. The Morgan fingerprint density at radius 2 is 2.23 bits per heavy atom. The van der Waals surface area contributed by atoms with E-state index in [1.165, 1.54) is 0 Å². The first-order chi connectivity index (χ1) is 6.26. The van der Waals surface area contributed by atoms with Crippen LogP contribution in [0.2, 0.25) is 0 Å². The molecule has 3 heteroatoms. The first-order valence-corrected chi connectivity index (χ1v) is 4.64. The number of hydrogen-bond acceptors (Lipinski definition) is 3. The van der Waals surface area contributed by atoms with E-state index >= 15 is 0 Å². The highest BCUT2D eigenvalue weighted by atomic mass is 16.6. The summed E-state index contributed by atoms with van der Waals surface area (Å²) in [6.45, 7) is 2.08. The van der Waals surface area contributed by atoms with Crippen molar-refractivity contribution < 1.29 is 14.6 Å². The molecule has 2 rings (SSSR count).